The van der Waals surface area contributed by atoms with E-state index < -0.39 is 0 Å². The van der Waals surface area contributed by atoms with E-state index >= 15 is 0 Å². The smallest absolute Gasteiger partial charge is 0.272 e. The number of carbonyl (C=O) groups is 1. The van der Waals surface area contributed by atoms with Gasteiger partial charge in [0.25, 0.3) is 5.91 Å². The molecule has 1 unspecified atom stereocenters. The normalized spacial score (nSPS) is 16.6. The summed E-state index contributed by atoms with van der Waals surface area (Å²) < 4.78 is 11.1. The fourth-order valence-corrected chi connectivity index (χ4v) is 5.61. The van der Waals surface area contributed by atoms with Gasteiger partial charge in [-0.2, -0.15) is 0 Å². The minimum Gasteiger partial charge on any atom is -0.492 e. The van der Waals surface area contributed by atoms with Gasteiger partial charge in [0.1, 0.15) is 5.69 Å². The molecular weight excluding hydrogens is 468 g/mol. The SMILES string of the molecule is COc1c(NSC)cc(C(C)(C)C)cc1NC(=O)c1cc2cccc(CC3CCCNCC3)c2n1C. The van der Waals surface area contributed by atoms with Crippen LogP contribution < -0.4 is 20.1 Å². The van der Waals surface area contributed by atoms with Crippen molar-refractivity contribution in [3.05, 3.63) is 53.2 Å². The Morgan fingerprint density at radius 2 is 1.94 bits per heavy atom. The van der Waals surface area contributed by atoms with Gasteiger partial charge in [0, 0.05) is 18.7 Å². The number of methoxy groups -OCH3 is 1. The molecule has 2 heterocycles. The topological polar surface area (TPSA) is 67.3 Å². The van der Waals surface area contributed by atoms with E-state index in [0.717, 1.165) is 41.7 Å². The lowest BCUT2D eigenvalue weighted by molar-refractivity contribution is 0.101. The lowest BCUT2D eigenvalue weighted by atomic mass is 9.86. The van der Waals surface area contributed by atoms with Crippen molar-refractivity contribution in [2.45, 2.75) is 51.9 Å². The monoisotopic (exact) mass is 508 g/mol. The fourth-order valence-electron chi connectivity index (χ4n) is 5.24. The first kappa shape index (κ1) is 26.4. The number of fused-ring (bicyclic) bond motifs is 1. The van der Waals surface area contributed by atoms with E-state index in [2.05, 4.69) is 65.0 Å². The molecule has 0 saturated carbocycles. The molecule has 0 radical (unpaired) electrons. The van der Waals surface area contributed by atoms with Crippen LogP contribution in [-0.4, -0.2) is 36.9 Å². The Bertz CT molecular complexity index is 1220. The number of aromatic nitrogens is 1. The quantitative estimate of drug-likeness (QED) is 0.324. The number of ether oxygens (including phenoxy) is 1. The highest BCUT2D eigenvalue weighted by Gasteiger charge is 2.23. The summed E-state index contributed by atoms with van der Waals surface area (Å²) in [6, 6.07) is 12.6. The maximum absolute atomic E-state index is 13.6. The molecule has 6 nitrogen and oxygen atoms in total. The van der Waals surface area contributed by atoms with Crippen molar-refractivity contribution in [2.24, 2.45) is 13.0 Å². The third-order valence-electron chi connectivity index (χ3n) is 7.20. The van der Waals surface area contributed by atoms with Gasteiger partial charge < -0.3 is 24.7 Å². The summed E-state index contributed by atoms with van der Waals surface area (Å²) in [6.07, 6.45) is 6.69. The standard InChI is InChI=1S/C29H40N4O2S/c1-29(2,3)22-17-23(27(35-5)24(18-22)32-36-6)31-28(34)25-16-21-11-7-10-20(26(21)33(25)4)15-19-9-8-13-30-14-12-19/h7,10-11,16-19,30,32H,8-9,12-15H2,1-6H3,(H,31,34). The van der Waals surface area contributed by atoms with Crippen molar-refractivity contribution >= 4 is 40.1 Å². The Labute approximate surface area is 219 Å². The van der Waals surface area contributed by atoms with Gasteiger partial charge in [-0.3, -0.25) is 4.79 Å². The second-order valence-corrected chi connectivity index (χ2v) is 11.4. The number of aryl methyl sites for hydroxylation is 1. The first-order valence-corrected chi connectivity index (χ1v) is 14.1. The van der Waals surface area contributed by atoms with E-state index in [1.165, 1.54) is 36.8 Å². The van der Waals surface area contributed by atoms with Crippen LogP contribution in [0.4, 0.5) is 11.4 Å². The molecule has 3 N–H and O–H groups in total. The van der Waals surface area contributed by atoms with E-state index in [4.69, 9.17) is 4.74 Å². The number of nitrogens with zero attached hydrogens (tertiary/aromatic N) is 1. The van der Waals surface area contributed by atoms with Crippen molar-refractivity contribution in [1.82, 2.24) is 9.88 Å². The highest BCUT2D eigenvalue weighted by atomic mass is 32.2. The van der Waals surface area contributed by atoms with E-state index in [0.29, 0.717) is 23.0 Å². The molecule has 3 aromatic rings. The van der Waals surface area contributed by atoms with Crippen LogP contribution in [0.1, 0.15) is 61.6 Å². The molecule has 2 aromatic carbocycles. The number of benzene rings is 2. The van der Waals surface area contributed by atoms with Gasteiger partial charge in [-0.15, -0.1) is 0 Å². The zero-order valence-electron chi connectivity index (χ0n) is 22.5. The largest absolute Gasteiger partial charge is 0.492 e. The lowest BCUT2D eigenvalue weighted by Crippen LogP contribution is -2.18. The van der Waals surface area contributed by atoms with Crippen molar-refractivity contribution < 1.29 is 9.53 Å². The lowest BCUT2D eigenvalue weighted by Gasteiger charge is -2.24. The van der Waals surface area contributed by atoms with Crippen LogP contribution in [0.2, 0.25) is 0 Å². The predicted molar refractivity (Wildman–Crippen MR) is 154 cm³/mol. The molecular formula is C29H40N4O2S. The first-order valence-electron chi connectivity index (χ1n) is 12.8. The molecule has 1 saturated heterocycles. The molecule has 194 valence electrons. The Morgan fingerprint density at radius 1 is 1.17 bits per heavy atom. The Balaban J connectivity index is 1.68. The van der Waals surface area contributed by atoms with E-state index in [1.54, 1.807) is 7.11 Å². The highest BCUT2D eigenvalue weighted by Crippen LogP contribution is 2.40. The predicted octanol–water partition coefficient (Wildman–Crippen LogP) is 6.36. The molecule has 0 spiro atoms. The molecule has 1 aromatic heterocycles. The number of para-hydroxylation sites is 1. The summed E-state index contributed by atoms with van der Waals surface area (Å²) in [7, 11) is 3.64. The summed E-state index contributed by atoms with van der Waals surface area (Å²) in [6.45, 7) is 8.70. The molecule has 1 atom stereocenters. The zero-order chi connectivity index (χ0) is 25.9. The summed E-state index contributed by atoms with van der Waals surface area (Å²) in [5.41, 5.74) is 5.67. The maximum Gasteiger partial charge on any atom is 0.272 e. The van der Waals surface area contributed by atoms with Crippen LogP contribution in [0.25, 0.3) is 10.9 Å². The molecule has 4 rings (SSSR count). The third kappa shape index (κ3) is 5.68. The molecule has 0 aliphatic carbocycles. The molecule has 1 aliphatic rings. The van der Waals surface area contributed by atoms with Gasteiger partial charge >= 0.3 is 0 Å². The number of carbonyl (C=O) groups excluding carboxylic acids is 1. The summed E-state index contributed by atoms with van der Waals surface area (Å²) in [5, 5.41) is 7.78. The number of amides is 1. The minimum absolute atomic E-state index is 0.0807. The van der Waals surface area contributed by atoms with E-state index in [1.807, 2.05) is 25.4 Å². The van der Waals surface area contributed by atoms with Crippen molar-refractivity contribution in [3.63, 3.8) is 0 Å². The van der Waals surface area contributed by atoms with Gasteiger partial charge in [0.15, 0.2) is 5.75 Å². The van der Waals surface area contributed by atoms with Gasteiger partial charge in [0.2, 0.25) is 0 Å². The van der Waals surface area contributed by atoms with Crippen molar-refractivity contribution in [2.75, 3.05) is 36.5 Å². The average Bonchev–Trinajstić information content (AvgIpc) is 2.99. The van der Waals surface area contributed by atoms with Crippen LogP contribution in [-0.2, 0) is 18.9 Å². The molecule has 1 fully saturated rings. The summed E-state index contributed by atoms with van der Waals surface area (Å²) >= 11 is 1.50. The molecule has 7 heteroatoms. The van der Waals surface area contributed by atoms with Crippen molar-refractivity contribution in [1.29, 1.82) is 0 Å². The third-order valence-corrected chi connectivity index (χ3v) is 7.62. The Kier molecular flexibility index (Phi) is 8.20. The molecule has 1 amide bonds. The van der Waals surface area contributed by atoms with Gasteiger partial charge in [-0.05, 0) is 79.4 Å². The number of hydrogen-bond acceptors (Lipinski definition) is 5. The van der Waals surface area contributed by atoms with Crippen LogP contribution >= 0.6 is 11.9 Å². The second kappa shape index (κ2) is 11.2. The number of rotatable bonds is 7. The van der Waals surface area contributed by atoms with Crippen LogP contribution in [0.3, 0.4) is 0 Å². The Morgan fingerprint density at radius 3 is 2.67 bits per heavy atom. The zero-order valence-corrected chi connectivity index (χ0v) is 23.3. The first-order chi connectivity index (χ1) is 17.2. The van der Waals surface area contributed by atoms with Gasteiger partial charge in [-0.1, -0.05) is 50.9 Å². The highest BCUT2D eigenvalue weighted by molar-refractivity contribution is 7.99. The van der Waals surface area contributed by atoms with Crippen molar-refractivity contribution in [3.8, 4) is 5.75 Å². The number of anilines is 2. The van der Waals surface area contributed by atoms with Crippen LogP contribution in [0.15, 0.2) is 36.4 Å². The summed E-state index contributed by atoms with van der Waals surface area (Å²) in [4.78, 5) is 13.6. The minimum atomic E-state index is -0.141. The molecule has 0 bridgehead atoms. The summed E-state index contributed by atoms with van der Waals surface area (Å²) in [5.74, 6) is 1.16. The second-order valence-electron chi connectivity index (χ2n) is 10.8. The van der Waals surface area contributed by atoms with Gasteiger partial charge in [0.05, 0.1) is 24.0 Å². The molecule has 36 heavy (non-hydrogen) atoms. The van der Waals surface area contributed by atoms with Gasteiger partial charge in [-0.25, -0.2) is 0 Å². The van der Waals surface area contributed by atoms with E-state index in [9.17, 15) is 4.79 Å². The van der Waals surface area contributed by atoms with E-state index in [-0.39, 0.29) is 11.3 Å². The average molecular weight is 509 g/mol. The number of nitrogens with one attached hydrogen (secondary N) is 3. The van der Waals surface area contributed by atoms with Crippen LogP contribution in [0, 0.1) is 5.92 Å². The Hall–Kier alpha value is -2.64. The van der Waals surface area contributed by atoms with Crippen LogP contribution in [0.5, 0.6) is 5.75 Å². The molecule has 1 aliphatic heterocycles. The fraction of sp³-hybridized carbons (Fsp3) is 0.483. The maximum atomic E-state index is 13.6. The number of hydrogen-bond donors (Lipinski definition) is 3.